The van der Waals surface area contributed by atoms with E-state index in [2.05, 4.69) is 39.6 Å². The van der Waals surface area contributed by atoms with E-state index in [4.69, 9.17) is 5.73 Å². The molecule has 0 spiro atoms. The zero-order valence-electron chi connectivity index (χ0n) is 8.46. The molecule has 0 heterocycles. The van der Waals surface area contributed by atoms with Crippen LogP contribution in [0.5, 0.6) is 0 Å². The fourth-order valence-corrected chi connectivity index (χ4v) is 1.06. The van der Waals surface area contributed by atoms with Gasteiger partial charge in [0.25, 0.3) is 0 Å². The van der Waals surface area contributed by atoms with Crippen molar-refractivity contribution >= 4 is 0 Å². The molecular formula is C9H22N2. The fraction of sp³-hybridized carbons (Fsp3) is 1.00. The van der Waals surface area contributed by atoms with Crippen LogP contribution in [-0.2, 0) is 0 Å². The minimum Gasteiger partial charge on any atom is -0.327 e. The summed E-state index contributed by atoms with van der Waals surface area (Å²) in [6, 6.07) is 1.37. The molecule has 2 nitrogen and oxygen atoms in total. The molecule has 0 saturated heterocycles. The second-order valence-electron chi connectivity index (χ2n) is 3.52. The number of nitrogens with two attached hydrogens (primary N) is 1. The molecule has 0 rings (SSSR count). The summed E-state index contributed by atoms with van der Waals surface area (Å²) in [5, 5.41) is 0. The van der Waals surface area contributed by atoms with Crippen LogP contribution in [0.1, 0.15) is 34.1 Å². The molecule has 0 aliphatic carbocycles. The number of nitrogens with zero attached hydrogens (tertiary/aromatic N) is 1. The standard InChI is InChI=1S/C9H22N2/c1-6-7(2)11(5)9(4)8(3)10/h7-9H,6,10H2,1-5H3. The Hall–Kier alpha value is -0.0800. The molecule has 2 heteroatoms. The van der Waals surface area contributed by atoms with E-state index >= 15 is 0 Å². The van der Waals surface area contributed by atoms with Gasteiger partial charge in [0.1, 0.15) is 0 Å². The highest BCUT2D eigenvalue weighted by Gasteiger charge is 2.16. The van der Waals surface area contributed by atoms with Crippen molar-refractivity contribution in [2.75, 3.05) is 7.05 Å². The highest BCUT2D eigenvalue weighted by Crippen LogP contribution is 2.07. The number of likely N-dealkylation sites (N-methyl/N-ethyl adjacent to an activating group) is 1. The molecule has 0 fully saturated rings. The van der Waals surface area contributed by atoms with E-state index in [1.807, 2.05) is 0 Å². The number of hydrogen-bond donors (Lipinski definition) is 1. The molecule has 0 aromatic heterocycles. The van der Waals surface area contributed by atoms with Crippen LogP contribution in [0.25, 0.3) is 0 Å². The summed E-state index contributed by atoms with van der Waals surface area (Å²) in [6.07, 6.45) is 1.19. The molecule has 0 aliphatic rings. The van der Waals surface area contributed by atoms with Crippen molar-refractivity contribution in [1.82, 2.24) is 4.90 Å². The first-order chi connectivity index (χ1) is 5.00. The Morgan fingerprint density at radius 1 is 1.27 bits per heavy atom. The minimum absolute atomic E-state index is 0.258. The van der Waals surface area contributed by atoms with Crippen molar-refractivity contribution < 1.29 is 0 Å². The Balaban J connectivity index is 3.90. The van der Waals surface area contributed by atoms with E-state index < -0.39 is 0 Å². The lowest BCUT2D eigenvalue weighted by molar-refractivity contribution is 0.173. The topological polar surface area (TPSA) is 29.3 Å². The third kappa shape index (κ3) is 3.21. The van der Waals surface area contributed by atoms with E-state index in [0.717, 1.165) is 0 Å². The van der Waals surface area contributed by atoms with E-state index in [1.165, 1.54) is 6.42 Å². The summed E-state index contributed by atoms with van der Waals surface area (Å²) < 4.78 is 0. The van der Waals surface area contributed by atoms with Crippen LogP contribution in [0.2, 0.25) is 0 Å². The molecular weight excluding hydrogens is 136 g/mol. The lowest BCUT2D eigenvalue weighted by Crippen LogP contribution is -2.46. The monoisotopic (exact) mass is 158 g/mol. The normalized spacial score (nSPS) is 19.9. The van der Waals surface area contributed by atoms with Crippen LogP contribution in [0.3, 0.4) is 0 Å². The predicted molar refractivity (Wildman–Crippen MR) is 50.6 cm³/mol. The predicted octanol–water partition coefficient (Wildman–Crippen LogP) is 1.45. The van der Waals surface area contributed by atoms with Gasteiger partial charge in [0.15, 0.2) is 0 Å². The SMILES string of the molecule is CCC(C)N(C)C(C)C(C)N. The highest BCUT2D eigenvalue weighted by atomic mass is 15.2. The van der Waals surface area contributed by atoms with Crippen LogP contribution in [0, 0.1) is 0 Å². The molecule has 0 aliphatic heterocycles. The van der Waals surface area contributed by atoms with Crippen LogP contribution < -0.4 is 5.73 Å². The van der Waals surface area contributed by atoms with Gasteiger partial charge in [0.2, 0.25) is 0 Å². The zero-order chi connectivity index (χ0) is 9.02. The minimum atomic E-state index is 0.258. The van der Waals surface area contributed by atoms with E-state index in [9.17, 15) is 0 Å². The molecule has 0 bridgehead atoms. The average molecular weight is 158 g/mol. The summed E-state index contributed by atoms with van der Waals surface area (Å²) in [4.78, 5) is 2.34. The molecule has 0 aromatic carbocycles. The maximum Gasteiger partial charge on any atom is 0.0215 e. The van der Waals surface area contributed by atoms with Crippen molar-refractivity contribution in [1.29, 1.82) is 0 Å². The van der Waals surface area contributed by atoms with Gasteiger partial charge in [-0.05, 0) is 34.2 Å². The van der Waals surface area contributed by atoms with Gasteiger partial charge >= 0.3 is 0 Å². The second kappa shape index (κ2) is 4.73. The van der Waals surface area contributed by atoms with Gasteiger partial charge in [-0.3, -0.25) is 4.90 Å². The first-order valence-corrected chi connectivity index (χ1v) is 4.48. The van der Waals surface area contributed by atoms with Gasteiger partial charge in [-0.25, -0.2) is 0 Å². The highest BCUT2D eigenvalue weighted by molar-refractivity contribution is 4.75. The summed E-state index contributed by atoms with van der Waals surface area (Å²) in [7, 11) is 2.14. The summed E-state index contributed by atoms with van der Waals surface area (Å²) in [6.45, 7) is 8.67. The van der Waals surface area contributed by atoms with Crippen LogP contribution >= 0.6 is 0 Å². The van der Waals surface area contributed by atoms with Gasteiger partial charge in [-0.2, -0.15) is 0 Å². The molecule has 0 aromatic rings. The summed E-state index contributed by atoms with van der Waals surface area (Å²) in [5.74, 6) is 0. The average Bonchev–Trinajstić information content (AvgIpc) is 2.00. The molecule has 0 amide bonds. The van der Waals surface area contributed by atoms with Crippen molar-refractivity contribution in [3.63, 3.8) is 0 Å². The van der Waals surface area contributed by atoms with Crippen molar-refractivity contribution in [2.45, 2.75) is 52.2 Å². The van der Waals surface area contributed by atoms with Gasteiger partial charge in [0, 0.05) is 18.1 Å². The van der Waals surface area contributed by atoms with E-state index in [0.29, 0.717) is 12.1 Å². The second-order valence-corrected chi connectivity index (χ2v) is 3.52. The summed E-state index contributed by atoms with van der Waals surface area (Å²) in [5.41, 5.74) is 5.79. The lowest BCUT2D eigenvalue weighted by Gasteiger charge is -2.32. The molecule has 11 heavy (non-hydrogen) atoms. The quantitative estimate of drug-likeness (QED) is 0.671. The van der Waals surface area contributed by atoms with Crippen molar-refractivity contribution in [2.24, 2.45) is 5.73 Å². The van der Waals surface area contributed by atoms with Gasteiger partial charge in [-0.15, -0.1) is 0 Å². The number of rotatable bonds is 4. The fourth-order valence-electron chi connectivity index (χ4n) is 1.06. The Kier molecular flexibility index (Phi) is 4.69. The molecule has 3 atom stereocenters. The van der Waals surface area contributed by atoms with Crippen molar-refractivity contribution in [3.8, 4) is 0 Å². The van der Waals surface area contributed by atoms with Crippen LogP contribution in [-0.4, -0.2) is 30.1 Å². The van der Waals surface area contributed by atoms with Gasteiger partial charge in [0.05, 0.1) is 0 Å². The molecule has 68 valence electrons. The molecule has 2 N–H and O–H groups in total. The third-order valence-corrected chi connectivity index (χ3v) is 2.69. The molecule has 0 saturated carbocycles. The van der Waals surface area contributed by atoms with E-state index in [1.54, 1.807) is 0 Å². The smallest absolute Gasteiger partial charge is 0.0215 e. The van der Waals surface area contributed by atoms with E-state index in [-0.39, 0.29) is 6.04 Å². The Bertz CT molecular complexity index is 102. The third-order valence-electron chi connectivity index (χ3n) is 2.69. The lowest BCUT2D eigenvalue weighted by atomic mass is 10.1. The maximum atomic E-state index is 5.79. The molecule has 3 unspecified atom stereocenters. The summed E-state index contributed by atoms with van der Waals surface area (Å²) >= 11 is 0. The first kappa shape index (κ1) is 10.9. The Morgan fingerprint density at radius 3 is 2.00 bits per heavy atom. The van der Waals surface area contributed by atoms with Crippen LogP contribution in [0.15, 0.2) is 0 Å². The van der Waals surface area contributed by atoms with Crippen molar-refractivity contribution in [3.05, 3.63) is 0 Å². The largest absolute Gasteiger partial charge is 0.327 e. The van der Waals surface area contributed by atoms with Crippen LogP contribution in [0.4, 0.5) is 0 Å². The first-order valence-electron chi connectivity index (χ1n) is 4.48. The number of hydrogen-bond acceptors (Lipinski definition) is 2. The van der Waals surface area contributed by atoms with Gasteiger partial charge < -0.3 is 5.73 Å². The Labute approximate surface area is 70.8 Å². The Morgan fingerprint density at radius 2 is 1.73 bits per heavy atom. The molecule has 0 radical (unpaired) electrons. The maximum absolute atomic E-state index is 5.79. The van der Waals surface area contributed by atoms with Gasteiger partial charge in [-0.1, -0.05) is 6.92 Å². The zero-order valence-corrected chi connectivity index (χ0v) is 8.46.